The molecule has 2 heteroatoms. The molecule has 1 aromatic carbocycles. The molecule has 0 fully saturated rings. The molecule has 1 rings (SSSR count). The van der Waals surface area contributed by atoms with Gasteiger partial charge in [0, 0.05) is 13.6 Å². The van der Waals surface area contributed by atoms with E-state index in [0.717, 1.165) is 6.54 Å². The van der Waals surface area contributed by atoms with Crippen molar-refractivity contribution in [2.24, 2.45) is 0 Å². The molecule has 0 aromatic heterocycles. The molecule has 0 unspecified atom stereocenters. The standard InChI is InChI=1S/C13H22N2/c1-4-5-8-11-15(14-3)13-10-7-6-9-12(13)2/h6-7,9-10,14H,4-5,8,11H2,1-3H3. The van der Waals surface area contributed by atoms with Crippen molar-refractivity contribution in [1.29, 1.82) is 0 Å². The molecule has 1 N–H and O–H groups in total. The van der Waals surface area contributed by atoms with Gasteiger partial charge in [-0.05, 0) is 25.0 Å². The van der Waals surface area contributed by atoms with E-state index in [1.165, 1.54) is 30.5 Å². The number of aryl methyl sites for hydroxylation is 1. The zero-order valence-electron chi connectivity index (χ0n) is 10.1. The average Bonchev–Trinajstić information content (AvgIpc) is 2.26. The summed E-state index contributed by atoms with van der Waals surface area (Å²) in [5, 5.41) is 2.23. The predicted octanol–water partition coefficient (Wildman–Crippen LogP) is 3.13. The van der Waals surface area contributed by atoms with Gasteiger partial charge in [0.05, 0.1) is 5.69 Å². The lowest BCUT2D eigenvalue weighted by molar-refractivity contribution is 0.631. The Bertz CT molecular complexity index is 284. The summed E-state index contributed by atoms with van der Waals surface area (Å²) in [6.07, 6.45) is 3.81. The monoisotopic (exact) mass is 206 g/mol. The second-order valence-electron chi connectivity index (χ2n) is 3.87. The van der Waals surface area contributed by atoms with Crippen LogP contribution in [0.15, 0.2) is 24.3 Å². The van der Waals surface area contributed by atoms with Gasteiger partial charge in [-0.1, -0.05) is 38.0 Å². The van der Waals surface area contributed by atoms with Gasteiger partial charge in [0.1, 0.15) is 0 Å². The molecule has 0 aliphatic heterocycles. The SMILES string of the molecule is CCCCCN(NC)c1ccccc1C. The fourth-order valence-corrected chi connectivity index (χ4v) is 1.74. The van der Waals surface area contributed by atoms with Crippen molar-refractivity contribution in [1.82, 2.24) is 5.43 Å². The number of hydrogen-bond donors (Lipinski definition) is 1. The molecule has 0 bridgehead atoms. The molecule has 0 radical (unpaired) electrons. The van der Waals surface area contributed by atoms with Crippen LogP contribution in [0.5, 0.6) is 0 Å². The van der Waals surface area contributed by atoms with Crippen LogP contribution in [0.25, 0.3) is 0 Å². The van der Waals surface area contributed by atoms with Crippen LogP contribution in [-0.4, -0.2) is 13.6 Å². The quantitative estimate of drug-likeness (QED) is 0.568. The van der Waals surface area contributed by atoms with Crippen molar-refractivity contribution in [3.63, 3.8) is 0 Å². The van der Waals surface area contributed by atoms with Gasteiger partial charge >= 0.3 is 0 Å². The number of para-hydroxylation sites is 1. The maximum Gasteiger partial charge on any atom is 0.0548 e. The van der Waals surface area contributed by atoms with Gasteiger partial charge in [-0.3, -0.25) is 0 Å². The van der Waals surface area contributed by atoms with Crippen molar-refractivity contribution < 1.29 is 0 Å². The first kappa shape index (κ1) is 12.1. The average molecular weight is 206 g/mol. The van der Waals surface area contributed by atoms with E-state index in [0.29, 0.717) is 0 Å². The van der Waals surface area contributed by atoms with Gasteiger partial charge in [-0.25, -0.2) is 5.43 Å². The Morgan fingerprint density at radius 1 is 1.20 bits per heavy atom. The van der Waals surface area contributed by atoms with E-state index in [2.05, 4.69) is 48.5 Å². The highest BCUT2D eigenvalue weighted by atomic mass is 15.5. The first-order valence-corrected chi connectivity index (χ1v) is 5.80. The molecular formula is C13H22N2. The minimum Gasteiger partial charge on any atom is -0.308 e. The Hall–Kier alpha value is -1.02. The summed E-state index contributed by atoms with van der Waals surface area (Å²) in [5.41, 5.74) is 5.86. The Labute approximate surface area is 93.3 Å². The molecule has 0 saturated heterocycles. The van der Waals surface area contributed by atoms with Crippen LogP contribution in [0.3, 0.4) is 0 Å². The van der Waals surface area contributed by atoms with E-state index in [1.54, 1.807) is 0 Å². The summed E-state index contributed by atoms with van der Waals surface area (Å²) in [6, 6.07) is 8.49. The molecule has 0 aliphatic carbocycles. The summed E-state index contributed by atoms with van der Waals surface area (Å²) in [5.74, 6) is 0. The largest absolute Gasteiger partial charge is 0.308 e. The third-order valence-corrected chi connectivity index (χ3v) is 2.66. The Morgan fingerprint density at radius 2 is 1.93 bits per heavy atom. The smallest absolute Gasteiger partial charge is 0.0548 e. The Morgan fingerprint density at radius 3 is 2.53 bits per heavy atom. The summed E-state index contributed by atoms with van der Waals surface area (Å²) in [4.78, 5) is 0. The van der Waals surface area contributed by atoms with Gasteiger partial charge in [0.25, 0.3) is 0 Å². The van der Waals surface area contributed by atoms with Gasteiger partial charge in [0.2, 0.25) is 0 Å². The number of nitrogens with one attached hydrogen (secondary N) is 1. The lowest BCUT2D eigenvalue weighted by atomic mass is 10.2. The molecule has 84 valence electrons. The molecule has 0 atom stereocenters. The highest BCUT2D eigenvalue weighted by molar-refractivity contribution is 5.51. The highest BCUT2D eigenvalue weighted by Crippen LogP contribution is 2.17. The summed E-state index contributed by atoms with van der Waals surface area (Å²) < 4.78 is 0. The van der Waals surface area contributed by atoms with Crippen LogP contribution < -0.4 is 10.4 Å². The van der Waals surface area contributed by atoms with E-state index >= 15 is 0 Å². The summed E-state index contributed by atoms with van der Waals surface area (Å²) in [7, 11) is 1.98. The van der Waals surface area contributed by atoms with Gasteiger partial charge in [-0.2, -0.15) is 0 Å². The number of nitrogens with zero attached hydrogens (tertiary/aromatic N) is 1. The number of benzene rings is 1. The minimum atomic E-state index is 1.08. The third-order valence-electron chi connectivity index (χ3n) is 2.66. The highest BCUT2D eigenvalue weighted by Gasteiger charge is 2.05. The lowest BCUT2D eigenvalue weighted by Gasteiger charge is -2.25. The maximum atomic E-state index is 3.25. The zero-order chi connectivity index (χ0) is 11.1. The minimum absolute atomic E-state index is 1.08. The topological polar surface area (TPSA) is 15.3 Å². The van der Waals surface area contributed by atoms with Crippen molar-refractivity contribution in [2.45, 2.75) is 33.1 Å². The van der Waals surface area contributed by atoms with Crippen LogP contribution in [0.2, 0.25) is 0 Å². The Balaban J connectivity index is 2.61. The number of hydrazine groups is 1. The lowest BCUT2D eigenvalue weighted by Crippen LogP contribution is -2.36. The van der Waals surface area contributed by atoms with Gasteiger partial charge < -0.3 is 5.01 Å². The van der Waals surface area contributed by atoms with E-state index in [4.69, 9.17) is 0 Å². The number of unbranched alkanes of at least 4 members (excludes halogenated alkanes) is 2. The molecule has 0 saturated carbocycles. The van der Waals surface area contributed by atoms with Gasteiger partial charge in [0.15, 0.2) is 0 Å². The molecule has 15 heavy (non-hydrogen) atoms. The molecule has 0 spiro atoms. The summed E-state index contributed by atoms with van der Waals surface area (Å²) in [6.45, 7) is 5.46. The van der Waals surface area contributed by atoms with Crippen molar-refractivity contribution in [3.05, 3.63) is 29.8 Å². The van der Waals surface area contributed by atoms with Crippen molar-refractivity contribution in [2.75, 3.05) is 18.6 Å². The molecule has 2 nitrogen and oxygen atoms in total. The maximum absolute atomic E-state index is 3.25. The van der Waals surface area contributed by atoms with Crippen LogP contribution in [0.4, 0.5) is 5.69 Å². The molecule has 0 amide bonds. The normalized spacial score (nSPS) is 10.3. The van der Waals surface area contributed by atoms with E-state index < -0.39 is 0 Å². The first-order valence-electron chi connectivity index (χ1n) is 5.80. The van der Waals surface area contributed by atoms with Crippen LogP contribution in [-0.2, 0) is 0 Å². The summed E-state index contributed by atoms with van der Waals surface area (Å²) >= 11 is 0. The molecular weight excluding hydrogens is 184 g/mol. The first-order chi connectivity index (χ1) is 7.29. The fourth-order valence-electron chi connectivity index (χ4n) is 1.74. The van der Waals surface area contributed by atoms with Gasteiger partial charge in [-0.15, -0.1) is 0 Å². The second-order valence-corrected chi connectivity index (χ2v) is 3.87. The molecule has 0 heterocycles. The van der Waals surface area contributed by atoms with E-state index in [-0.39, 0.29) is 0 Å². The van der Waals surface area contributed by atoms with Crippen LogP contribution in [0.1, 0.15) is 31.7 Å². The molecule has 1 aromatic rings. The zero-order valence-corrected chi connectivity index (χ0v) is 10.1. The second kappa shape index (κ2) is 6.46. The fraction of sp³-hybridized carbons (Fsp3) is 0.538. The number of hydrogen-bond acceptors (Lipinski definition) is 2. The number of anilines is 1. The van der Waals surface area contributed by atoms with E-state index in [1.807, 2.05) is 7.05 Å². The van der Waals surface area contributed by atoms with Crippen LogP contribution in [0, 0.1) is 6.92 Å². The van der Waals surface area contributed by atoms with E-state index in [9.17, 15) is 0 Å². The van der Waals surface area contributed by atoms with Crippen LogP contribution >= 0.6 is 0 Å². The predicted molar refractivity (Wildman–Crippen MR) is 67.1 cm³/mol. The number of rotatable bonds is 6. The third kappa shape index (κ3) is 3.56. The van der Waals surface area contributed by atoms with Crippen molar-refractivity contribution in [3.8, 4) is 0 Å². The Kier molecular flexibility index (Phi) is 5.19. The molecule has 0 aliphatic rings. The van der Waals surface area contributed by atoms with Crippen molar-refractivity contribution >= 4 is 5.69 Å².